The van der Waals surface area contributed by atoms with Crippen LogP contribution >= 0.6 is 22.9 Å². The first-order chi connectivity index (χ1) is 5.36. The molecule has 56 valence electrons. The Morgan fingerprint density at radius 2 is 2.36 bits per heavy atom. The fourth-order valence-corrected chi connectivity index (χ4v) is 1.50. The SMILES string of the molecule is Clc1nnc(-c2ccco2)s1. The maximum atomic E-state index is 5.58. The van der Waals surface area contributed by atoms with E-state index in [1.807, 2.05) is 6.07 Å². The lowest BCUT2D eigenvalue weighted by Crippen LogP contribution is -1.70. The molecule has 5 heteroatoms. The van der Waals surface area contributed by atoms with E-state index in [0.29, 0.717) is 15.2 Å². The zero-order valence-electron chi connectivity index (χ0n) is 5.32. The third kappa shape index (κ3) is 1.27. The molecule has 0 amide bonds. The Morgan fingerprint density at radius 1 is 1.45 bits per heavy atom. The van der Waals surface area contributed by atoms with E-state index >= 15 is 0 Å². The molecule has 0 aliphatic rings. The summed E-state index contributed by atoms with van der Waals surface area (Å²) in [5.41, 5.74) is 0. The van der Waals surface area contributed by atoms with Crippen molar-refractivity contribution in [1.82, 2.24) is 10.2 Å². The van der Waals surface area contributed by atoms with Gasteiger partial charge < -0.3 is 4.42 Å². The smallest absolute Gasteiger partial charge is 0.207 e. The number of nitrogens with zero attached hydrogens (tertiary/aromatic N) is 2. The predicted molar refractivity (Wildman–Crippen MR) is 42.6 cm³/mol. The van der Waals surface area contributed by atoms with Gasteiger partial charge in [0.25, 0.3) is 0 Å². The number of aromatic nitrogens is 2. The highest BCUT2D eigenvalue weighted by molar-refractivity contribution is 7.18. The van der Waals surface area contributed by atoms with E-state index in [1.54, 1.807) is 12.3 Å². The molecule has 2 rings (SSSR count). The van der Waals surface area contributed by atoms with E-state index in [0.717, 1.165) is 0 Å². The molecule has 0 atom stereocenters. The molecule has 2 aromatic heterocycles. The van der Waals surface area contributed by atoms with Gasteiger partial charge in [-0.3, -0.25) is 0 Å². The molecule has 0 N–H and O–H groups in total. The molecule has 0 spiro atoms. The summed E-state index contributed by atoms with van der Waals surface area (Å²) in [6.07, 6.45) is 1.59. The lowest BCUT2D eigenvalue weighted by Gasteiger charge is -1.81. The highest BCUT2D eigenvalue weighted by atomic mass is 35.5. The van der Waals surface area contributed by atoms with Crippen LogP contribution in [0.25, 0.3) is 10.8 Å². The molecule has 3 nitrogen and oxygen atoms in total. The molecule has 0 aromatic carbocycles. The topological polar surface area (TPSA) is 38.9 Å². The fraction of sp³-hybridized carbons (Fsp3) is 0. The number of halogens is 1. The number of hydrogen-bond donors (Lipinski definition) is 0. The summed E-state index contributed by atoms with van der Waals surface area (Å²) in [4.78, 5) is 0. The summed E-state index contributed by atoms with van der Waals surface area (Å²) in [5, 5.41) is 8.16. The third-order valence-corrected chi connectivity index (χ3v) is 2.17. The van der Waals surface area contributed by atoms with Gasteiger partial charge >= 0.3 is 0 Å². The van der Waals surface area contributed by atoms with Gasteiger partial charge in [-0.2, -0.15) is 0 Å². The lowest BCUT2D eigenvalue weighted by atomic mass is 10.5. The van der Waals surface area contributed by atoms with Crippen LogP contribution < -0.4 is 0 Å². The van der Waals surface area contributed by atoms with Crippen LogP contribution in [0.4, 0.5) is 0 Å². The Bertz CT molecular complexity index is 343. The van der Waals surface area contributed by atoms with Crippen molar-refractivity contribution in [2.75, 3.05) is 0 Å². The van der Waals surface area contributed by atoms with E-state index in [4.69, 9.17) is 16.0 Å². The van der Waals surface area contributed by atoms with Gasteiger partial charge in [0.2, 0.25) is 4.47 Å². The Balaban J connectivity index is 2.45. The average molecular weight is 187 g/mol. The highest BCUT2D eigenvalue weighted by Gasteiger charge is 2.05. The summed E-state index contributed by atoms with van der Waals surface area (Å²) >= 11 is 6.88. The Hall–Kier alpha value is -0.870. The quantitative estimate of drug-likeness (QED) is 0.687. The van der Waals surface area contributed by atoms with Crippen LogP contribution in [-0.2, 0) is 0 Å². The predicted octanol–water partition coefficient (Wildman–Crippen LogP) is 2.45. The lowest BCUT2D eigenvalue weighted by molar-refractivity contribution is 0.581. The summed E-state index contributed by atoms with van der Waals surface area (Å²) in [5.74, 6) is 0.703. The van der Waals surface area contributed by atoms with Crippen molar-refractivity contribution in [3.05, 3.63) is 22.9 Å². The zero-order chi connectivity index (χ0) is 7.68. The van der Waals surface area contributed by atoms with Gasteiger partial charge in [-0.25, -0.2) is 0 Å². The fourth-order valence-electron chi connectivity index (χ4n) is 0.705. The van der Waals surface area contributed by atoms with Gasteiger partial charge in [0.15, 0.2) is 10.8 Å². The van der Waals surface area contributed by atoms with Crippen molar-refractivity contribution in [2.45, 2.75) is 0 Å². The summed E-state index contributed by atoms with van der Waals surface area (Å²) in [6.45, 7) is 0. The summed E-state index contributed by atoms with van der Waals surface area (Å²) in [7, 11) is 0. The van der Waals surface area contributed by atoms with Crippen LogP contribution in [0.3, 0.4) is 0 Å². The van der Waals surface area contributed by atoms with Gasteiger partial charge in [0.1, 0.15) is 0 Å². The minimum Gasteiger partial charge on any atom is -0.462 e. The van der Waals surface area contributed by atoms with Crippen molar-refractivity contribution in [2.24, 2.45) is 0 Å². The maximum Gasteiger partial charge on any atom is 0.207 e. The molecule has 0 aliphatic heterocycles. The normalized spacial score (nSPS) is 10.3. The first-order valence-corrected chi connectivity index (χ1v) is 4.08. The molecule has 0 radical (unpaired) electrons. The minimum absolute atomic E-state index is 0.427. The Kier molecular flexibility index (Phi) is 1.63. The first-order valence-electron chi connectivity index (χ1n) is 2.89. The molecule has 0 unspecified atom stereocenters. The monoisotopic (exact) mass is 186 g/mol. The zero-order valence-corrected chi connectivity index (χ0v) is 6.89. The van der Waals surface area contributed by atoms with Gasteiger partial charge in [-0.1, -0.05) is 11.3 Å². The standard InChI is InChI=1S/C6H3ClN2OS/c7-6-9-8-5(11-6)4-2-1-3-10-4/h1-3H. The van der Waals surface area contributed by atoms with Crippen LogP contribution in [0, 0.1) is 0 Å². The average Bonchev–Trinajstić information content (AvgIpc) is 2.55. The molecular formula is C6H3ClN2OS. The molecule has 2 heterocycles. The van der Waals surface area contributed by atoms with Crippen LogP contribution in [-0.4, -0.2) is 10.2 Å². The van der Waals surface area contributed by atoms with E-state index < -0.39 is 0 Å². The van der Waals surface area contributed by atoms with Crippen molar-refractivity contribution < 1.29 is 4.42 Å². The van der Waals surface area contributed by atoms with Gasteiger partial charge in [0, 0.05) is 0 Å². The summed E-state index contributed by atoms with van der Waals surface area (Å²) < 4.78 is 5.51. The van der Waals surface area contributed by atoms with Crippen molar-refractivity contribution in [1.29, 1.82) is 0 Å². The van der Waals surface area contributed by atoms with Crippen LogP contribution in [0.5, 0.6) is 0 Å². The number of furan rings is 1. The number of rotatable bonds is 1. The minimum atomic E-state index is 0.427. The van der Waals surface area contributed by atoms with E-state index in [1.165, 1.54) is 11.3 Å². The second-order valence-electron chi connectivity index (χ2n) is 1.84. The van der Waals surface area contributed by atoms with E-state index in [2.05, 4.69) is 10.2 Å². The Labute approximate surface area is 71.6 Å². The number of hydrogen-bond acceptors (Lipinski definition) is 4. The third-order valence-electron chi connectivity index (χ3n) is 1.13. The maximum absolute atomic E-state index is 5.58. The van der Waals surface area contributed by atoms with Crippen LogP contribution in [0.15, 0.2) is 22.8 Å². The van der Waals surface area contributed by atoms with Crippen LogP contribution in [0.2, 0.25) is 4.47 Å². The molecule has 11 heavy (non-hydrogen) atoms. The second kappa shape index (κ2) is 2.64. The molecule has 0 saturated heterocycles. The van der Waals surface area contributed by atoms with E-state index in [9.17, 15) is 0 Å². The van der Waals surface area contributed by atoms with Gasteiger partial charge in [-0.05, 0) is 23.7 Å². The molecule has 0 fully saturated rings. The summed E-state index contributed by atoms with van der Waals surface area (Å²) in [6, 6.07) is 3.61. The Morgan fingerprint density at radius 3 is 2.91 bits per heavy atom. The van der Waals surface area contributed by atoms with Gasteiger partial charge in [0.05, 0.1) is 6.26 Å². The van der Waals surface area contributed by atoms with Crippen molar-refractivity contribution in [3.8, 4) is 10.8 Å². The van der Waals surface area contributed by atoms with Gasteiger partial charge in [-0.15, -0.1) is 10.2 Å². The molecule has 0 aliphatic carbocycles. The first kappa shape index (κ1) is 6.82. The molecule has 0 bridgehead atoms. The van der Waals surface area contributed by atoms with Crippen molar-refractivity contribution in [3.63, 3.8) is 0 Å². The largest absolute Gasteiger partial charge is 0.462 e. The van der Waals surface area contributed by atoms with Crippen LogP contribution in [0.1, 0.15) is 0 Å². The molecule has 2 aromatic rings. The second-order valence-corrected chi connectivity index (χ2v) is 3.40. The highest BCUT2D eigenvalue weighted by Crippen LogP contribution is 2.25. The van der Waals surface area contributed by atoms with Crippen molar-refractivity contribution >= 4 is 22.9 Å². The molecule has 0 saturated carbocycles. The van der Waals surface area contributed by atoms with E-state index in [-0.39, 0.29) is 0 Å². The molecular weight excluding hydrogens is 184 g/mol.